The number of hydrogen-bond donors (Lipinski definition) is 0. The van der Waals surface area contributed by atoms with Gasteiger partial charge < -0.3 is 9.30 Å². The zero-order chi connectivity index (χ0) is 14.6. The molecule has 0 aromatic carbocycles. The molecule has 2 aromatic rings. The maximum Gasteiger partial charge on any atom is 0.228 e. The van der Waals surface area contributed by atoms with Gasteiger partial charge in [-0.1, -0.05) is 6.07 Å². The van der Waals surface area contributed by atoms with Gasteiger partial charge in [0, 0.05) is 25.0 Å². The number of pyridine rings is 1. The molecule has 20 heavy (non-hydrogen) atoms. The zero-order valence-electron chi connectivity index (χ0n) is 11.5. The van der Waals surface area contributed by atoms with Crippen molar-refractivity contribution in [2.45, 2.75) is 31.3 Å². The van der Waals surface area contributed by atoms with Gasteiger partial charge in [-0.25, -0.2) is 18.4 Å². The SMILES string of the molecule is CCOc1cccc(CS(=O)(=O)c2nccn2CC)n1. The molecule has 2 aromatic heterocycles. The number of nitrogens with zero attached hydrogens (tertiary/aromatic N) is 3. The summed E-state index contributed by atoms with van der Waals surface area (Å²) in [5.41, 5.74) is 0.446. The van der Waals surface area contributed by atoms with Gasteiger partial charge in [0.15, 0.2) is 0 Å². The van der Waals surface area contributed by atoms with E-state index in [0.29, 0.717) is 24.7 Å². The first kappa shape index (κ1) is 14.5. The molecule has 0 N–H and O–H groups in total. The minimum Gasteiger partial charge on any atom is -0.478 e. The van der Waals surface area contributed by atoms with Crippen molar-refractivity contribution in [3.63, 3.8) is 0 Å². The highest BCUT2D eigenvalue weighted by atomic mass is 32.2. The Kier molecular flexibility index (Phi) is 4.39. The van der Waals surface area contributed by atoms with Crippen molar-refractivity contribution < 1.29 is 13.2 Å². The van der Waals surface area contributed by atoms with Crippen molar-refractivity contribution in [2.75, 3.05) is 6.61 Å². The third kappa shape index (κ3) is 3.16. The maximum absolute atomic E-state index is 12.3. The fraction of sp³-hybridized carbons (Fsp3) is 0.385. The lowest BCUT2D eigenvalue weighted by atomic mass is 10.4. The summed E-state index contributed by atoms with van der Waals surface area (Å²) in [4.78, 5) is 8.10. The van der Waals surface area contributed by atoms with E-state index in [9.17, 15) is 8.42 Å². The molecule has 2 rings (SSSR count). The van der Waals surface area contributed by atoms with E-state index in [-0.39, 0.29) is 10.9 Å². The molecule has 0 bridgehead atoms. The Morgan fingerprint density at radius 2 is 2.10 bits per heavy atom. The topological polar surface area (TPSA) is 74.1 Å². The summed E-state index contributed by atoms with van der Waals surface area (Å²) in [6, 6.07) is 5.10. The second-order valence-corrected chi connectivity index (χ2v) is 6.04. The number of aromatic nitrogens is 3. The first-order valence-electron chi connectivity index (χ1n) is 6.39. The number of rotatable bonds is 6. The molecule has 0 saturated carbocycles. The molecule has 0 saturated heterocycles. The number of imidazole rings is 1. The van der Waals surface area contributed by atoms with Crippen LogP contribution >= 0.6 is 0 Å². The predicted octanol–water partition coefficient (Wildman–Crippen LogP) is 1.67. The van der Waals surface area contributed by atoms with Crippen molar-refractivity contribution in [1.29, 1.82) is 0 Å². The van der Waals surface area contributed by atoms with Crippen LogP contribution in [-0.2, 0) is 22.1 Å². The van der Waals surface area contributed by atoms with Gasteiger partial charge in [-0.3, -0.25) is 0 Å². The second-order valence-electron chi connectivity index (χ2n) is 4.16. The third-order valence-electron chi connectivity index (χ3n) is 2.71. The minimum absolute atomic E-state index is 0.0728. The molecular formula is C13H17N3O3S. The van der Waals surface area contributed by atoms with Gasteiger partial charge in [0.2, 0.25) is 20.9 Å². The molecule has 0 atom stereocenters. The molecule has 7 heteroatoms. The van der Waals surface area contributed by atoms with Crippen LogP contribution in [0.25, 0.3) is 0 Å². The Bertz CT molecular complexity index is 680. The van der Waals surface area contributed by atoms with E-state index < -0.39 is 9.84 Å². The van der Waals surface area contributed by atoms with E-state index in [1.54, 1.807) is 29.0 Å². The van der Waals surface area contributed by atoms with Crippen molar-refractivity contribution in [2.24, 2.45) is 0 Å². The lowest BCUT2D eigenvalue weighted by molar-refractivity contribution is 0.326. The molecule has 0 aliphatic carbocycles. The summed E-state index contributed by atoms with van der Waals surface area (Å²) >= 11 is 0. The van der Waals surface area contributed by atoms with Crippen LogP contribution in [-0.4, -0.2) is 29.6 Å². The highest BCUT2D eigenvalue weighted by molar-refractivity contribution is 7.90. The first-order chi connectivity index (χ1) is 9.56. The summed E-state index contributed by atoms with van der Waals surface area (Å²) in [7, 11) is -3.51. The zero-order valence-corrected chi connectivity index (χ0v) is 12.3. The van der Waals surface area contributed by atoms with E-state index in [2.05, 4.69) is 9.97 Å². The molecule has 2 heterocycles. The molecule has 0 aliphatic rings. The van der Waals surface area contributed by atoms with Crippen LogP contribution in [0.3, 0.4) is 0 Å². The Morgan fingerprint density at radius 3 is 2.80 bits per heavy atom. The number of sulfone groups is 1. The maximum atomic E-state index is 12.3. The number of hydrogen-bond acceptors (Lipinski definition) is 5. The Labute approximate surface area is 118 Å². The summed E-state index contributed by atoms with van der Waals surface area (Å²) in [5.74, 6) is 0.240. The van der Waals surface area contributed by atoms with E-state index in [1.807, 2.05) is 13.8 Å². The standard InChI is InChI=1S/C13H17N3O3S/c1-3-16-9-8-14-13(16)20(17,18)10-11-6-5-7-12(15-11)19-4-2/h5-9H,3-4,10H2,1-2H3. The lowest BCUT2D eigenvalue weighted by Crippen LogP contribution is -2.13. The largest absolute Gasteiger partial charge is 0.478 e. The normalized spacial score (nSPS) is 11.5. The van der Waals surface area contributed by atoms with Crippen molar-refractivity contribution in [1.82, 2.24) is 14.5 Å². The van der Waals surface area contributed by atoms with Gasteiger partial charge in [0.1, 0.15) is 5.75 Å². The molecule has 108 valence electrons. The average Bonchev–Trinajstić information content (AvgIpc) is 2.88. The lowest BCUT2D eigenvalue weighted by Gasteiger charge is -2.07. The van der Waals surface area contributed by atoms with Gasteiger partial charge >= 0.3 is 0 Å². The Morgan fingerprint density at radius 1 is 1.30 bits per heavy atom. The fourth-order valence-electron chi connectivity index (χ4n) is 1.84. The van der Waals surface area contributed by atoms with Crippen LogP contribution in [0.4, 0.5) is 0 Å². The Balaban J connectivity index is 2.26. The van der Waals surface area contributed by atoms with Crippen molar-refractivity contribution in [3.05, 3.63) is 36.3 Å². The van der Waals surface area contributed by atoms with Gasteiger partial charge in [0.05, 0.1) is 12.3 Å². The van der Waals surface area contributed by atoms with E-state index >= 15 is 0 Å². The molecule has 6 nitrogen and oxygen atoms in total. The van der Waals surface area contributed by atoms with Crippen LogP contribution < -0.4 is 4.74 Å². The highest BCUT2D eigenvalue weighted by Gasteiger charge is 2.21. The summed E-state index contributed by atoms with van der Waals surface area (Å²) in [6.45, 7) is 4.77. The minimum atomic E-state index is -3.51. The van der Waals surface area contributed by atoms with Crippen LogP contribution in [0.1, 0.15) is 19.5 Å². The number of aryl methyl sites for hydroxylation is 1. The highest BCUT2D eigenvalue weighted by Crippen LogP contribution is 2.16. The second kappa shape index (κ2) is 6.04. The quantitative estimate of drug-likeness (QED) is 0.810. The van der Waals surface area contributed by atoms with E-state index in [0.717, 1.165) is 0 Å². The van der Waals surface area contributed by atoms with Crippen LogP contribution in [0, 0.1) is 0 Å². The molecule has 0 spiro atoms. The summed E-state index contributed by atoms with van der Waals surface area (Å²) < 4.78 is 31.6. The monoisotopic (exact) mass is 295 g/mol. The van der Waals surface area contributed by atoms with Crippen molar-refractivity contribution in [3.8, 4) is 5.88 Å². The Hall–Kier alpha value is -1.89. The third-order valence-corrected chi connectivity index (χ3v) is 4.28. The molecule has 0 amide bonds. The fourth-order valence-corrected chi connectivity index (χ4v) is 3.29. The van der Waals surface area contributed by atoms with Crippen LogP contribution in [0.2, 0.25) is 0 Å². The van der Waals surface area contributed by atoms with Gasteiger partial charge in [-0.15, -0.1) is 0 Å². The molecular weight excluding hydrogens is 278 g/mol. The summed E-state index contributed by atoms with van der Waals surface area (Å²) in [5, 5.41) is 0.0728. The predicted molar refractivity (Wildman–Crippen MR) is 74.2 cm³/mol. The van der Waals surface area contributed by atoms with Gasteiger partial charge in [-0.05, 0) is 19.9 Å². The van der Waals surface area contributed by atoms with E-state index in [1.165, 1.54) is 6.20 Å². The van der Waals surface area contributed by atoms with Crippen molar-refractivity contribution >= 4 is 9.84 Å². The van der Waals surface area contributed by atoms with Gasteiger partial charge in [0.25, 0.3) is 0 Å². The summed E-state index contributed by atoms with van der Waals surface area (Å²) in [6.07, 6.45) is 3.14. The molecule has 0 aliphatic heterocycles. The van der Waals surface area contributed by atoms with Gasteiger partial charge in [-0.2, -0.15) is 0 Å². The molecule has 0 radical (unpaired) electrons. The van der Waals surface area contributed by atoms with Crippen LogP contribution in [0.5, 0.6) is 5.88 Å². The van der Waals surface area contributed by atoms with E-state index in [4.69, 9.17) is 4.74 Å². The number of ether oxygens (including phenoxy) is 1. The average molecular weight is 295 g/mol. The molecule has 0 unspecified atom stereocenters. The molecule has 0 fully saturated rings. The van der Waals surface area contributed by atoms with Crippen LogP contribution in [0.15, 0.2) is 35.7 Å². The smallest absolute Gasteiger partial charge is 0.228 e. The first-order valence-corrected chi connectivity index (χ1v) is 8.04.